The van der Waals surface area contributed by atoms with Crippen LogP contribution in [-0.4, -0.2) is 17.6 Å². The van der Waals surface area contributed by atoms with Crippen LogP contribution in [0.15, 0.2) is 5.38 Å². The maximum absolute atomic E-state index is 4.84. The van der Waals surface area contributed by atoms with Gasteiger partial charge in [-0.3, -0.25) is 0 Å². The number of hydrogen-bond donors (Lipinski definition) is 1. The largest absolute Gasteiger partial charge is 0.314 e. The van der Waals surface area contributed by atoms with Crippen LogP contribution in [0.25, 0.3) is 0 Å². The first-order chi connectivity index (χ1) is 9.36. The highest BCUT2D eigenvalue weighted by Gasteiger charge is 2.19. The molecule has 1 aromatic rings. The lowest BCUT2D eigenvalue weighted by atomic mass is 9.93. The summed E-state index contributed by atoms with van der Waals surface area (Å²) < 4.78 is 0. The molecule has 0 radical (unpaired) electrons. The third-order valence-electron chi connectivity index (χ3n) is 3.81. The molecule has 0 amide bonds. The van der Waals surface area contributed by atoms with E-state index in [1.165, 1.54) is 30.0 Å². The van der Waals surface area contributed by atoms with E-state index in [9.17, 15) is 0 Å². The third kappa shape index (κ3) is 5.92. The summed E-state index contributed by atoms with van der Waals surface area (Å²) in [5.41, 5.74) is 1.40. The molecule has 0 saturated carbocycles. The van der Waals surface area contributed by atoms with Crippen molar-refractivity contribution in [2.75, 3.05) is 6.54 Å². The van der Waals surface area contributed by atoms with Gasteiger partial charge in [0.15, 0.2) is 0 Å². The third-order valence-corrected chi connectivity index (χ3v) is 4.68. The first-order valence-electron chi connectivity index (χ1n) is 8.05. The fourth-order valence-electron chi connectivity index (χ4n) is 2.20. The van der Waals surface area contributed by atoms with Gasteiger partial charge in [-0.05, 0) is 25.3 Å². The van der Waals surface area contributed by atoms with Gasteiger partial charge in [-0.25, -0.2) is 4.98 Å². The molecule has 2 atom stereocenters. The Hall–Kier alpha value is -0.410. The van der Waals surface area contributed by atoms with Gasteiger partial charge in [0.2, 0.25) is 0 Å². The van der Waals surface area contributed by atoms with Gasteiger partial charge in [0.1, 0.15) is 0 Å². The number of hydrogen-bond acceptors (Lipinski definition) is 3. The number of thiazole rings is 1. The van der Waals surface area contributed by atoms with E-state index in [2.05, 4.69) is 52.2 Å². The lowest BCUT2D eigenvalue weighted by Crippen LogP contribution is -2.33. The number of aromatic nitrogens is 1. The number of nitrogens with zero attached hydrogens (tertiary/aromatic N) is 1. The summed E-state index contributed by atoms with van der Waals surface area (Å²) in [6.45, 7) is 14.7. The lowest BCUT2D eigenvalue weighted by Gasteiger charge is -2.21. The molecule has 20 heavy (non-hydrogen) atoms. The van der Waals surface area contributed by atoms with Crippen LogP contribution in [0.1, 0.15) is 71.5 Å². The Labute approximate surface area is 129 Å². The highest BCUT2D eigenvalue weighted by atomic mass is 32.1. The van der Waals surface area contributed by atoms with Gasteiger partial charge in [0.05, 0.1) is 10.7 Å². The van der Waals surface area contributed by atoms with Crippen molar-refractivity contribution >= 4 is 11.3 Å². The van der Waals surface area contributed by atoms with E-state index in [1.807, 2.05) is 11.3 Å². The summed E-state index contributed by atoms with van der Waals surface area (Å²) in [7, 11) is 0. The molecule has 1 aromatic heterocycles. The number of rotatable bonds is 8. The first kappa shape index (κ1) is 17.6. The molecule has 1 heterocycles. The summed E-state index contributed by atoms with van der Waals surface area (Å²) in [4.78, 5) is 4.84. The summed E-state index contributed by atoms with van der Waals surface area (Å²) in [6.07, 6.45) is 4.78. The number of nitrogens with one attached hydrogen (secondary N) is 1. The second-order valence-corrected chi connectivity index (χ2v) is 7.92. The van der Waals surface area contributed by atoms with Crippen molar-refractivity contribution in [3.63, 3.8) is 0 Å². The van der Waals surface area contributed by atoms with E-state index in [1.54, 1.807) is 0 Å². The minimum absolute atomic E-state index is 0.164. The van der Waals surface area contributed by atoms with Crippen LogP contribution in [0.2, 0.25) is 0 Å². The zero-order valence-corrected chi connectivity index (χ0v) is 14.9. The molecule has 0 spiro atoms. The van der Waals surface area contributed by atoms with Crippen molar-refractivity contribution in [2.24, 2.45) is 5.92 Å². The van der Waals surface area contributed by atoms with E-state index in [-0.39, 0.29) is 5.41 Å². The minimum Gasteiger partial charge on any atom is -0.314 e. The van der Waals surface area contributed by atoms with Crippen LogP contribution in [0.4, 0.5) is 0 Å². The van der Waals surface area contributed by atoms with Gasteiger partial charge in [-0.2, -0.15) is 0 Å². The quantitative estimate of drug-likeness (QED) is 0.746. The van der Waals surface area contributed by atoms with Gasteiger partial charge in [0, 0.05) is 23.3 Å². The van der Waals surface area contributed by atoms with E-state index in [4.69, 9.17) is 4.98 Å². The molecule has 0 saturated heterocycles. The summed E-state index contributed by atoms with van der Waals surface area (Å²) >= 11 is 1.82. The highest BCUT2D eigenvalue weighted by Crippen LogP contribution is 2.25. The first-order valence-corrected chi connectivity index (χ1v) is 8.93. The molecule has 3 heteroatoms. The van der Waals surface area contributed by atoms with Crippen LogP contribution in [-0.2, 0) is 11.8 Å². The molecular weight excluding hydrogens is 264 g/mol. The average molecular weight is 297 g/mol. The normalized spacial score (nSPS) is 15.3. The molecule has 0 aromatic carbocycles. The zero-order valence-electron chi connectivity index (χ0n) is 14.1. The van der Waals surface area contributed by atoms with Crippen molar-refractivity contribution in [1.82, 2.24) is 10.3 Å². The molecule has 116 valence electrons. The molecule has 1 N–H and O–H groups in total. The molecule has 0 aliphatic rings. The minimum atomic E-state index is 0.164. The highest BCUT2D eigenvalue weighted by molar-refractivity contribution is 7.09. The Bertz CT molecular complexity index is 379. The lowest BCUT2D eigenvalue weighted by molar-refractivity contribution is 0.390. The summed E-state index contributed by atoms with van der Waals surface area (Å²) in [5, 5.41) is 7.21. The maximum atomic E-state index is 4.84. The van der Waals surface area contributed by atoms with Gasteiger partial charge >= 0.3 is 0 Å². The molecule has 2 unspecified atom stereocenters. The van der Waals surface area contributed by atoms with Crippen LogP contribution >= 0.6 is 11.3 Å². The van der Waals surface area contributed by atoms with Gasteiger partial charge in [-0.15, -0.1) is 11.3 Å². The van der Waals surface area contributed by atoms with E-state index < -0.39 is 0 Å². The van der Waals surface area contributed by atoms with Crippen molar-refractivity contribution in [3.05, 3.63) is 16.1 Å². The molecule has 1 rings (SSSR count). The zero-order chi connectivity index (χ0) is 15.2. The fraction of sp³-hybridized carbons (Fsp3) is 0.824. The van der Waals surface area contributed by atoms with E-state index in [0.29, 0.717) is 6.04 Å². The molecule has 0 bridgehead atoms. The SMILES string of the molecule is CCCNC(Cc1nc(C(C)(C)C)cs1)CC(C)CC. The Kier molecular flexibility index (Phi) is 7.18. The summed E-state index contributed by atoms with van der Waals surface area (Å²) in [5.74, 6) is 0.784. The van der Waals surface area contributed by atoms with Crippen LogP contribution in [0.5, 0.6) is 0 Å². The predicted octanol–water partition coefficient (Wildman–Crippen LogP) is 4.79. The van der Waals surface area contributed by atoms with E-state index in [0.717, 1.165) is 18.9 Å². The van der Waals surface area contributed by atoms with Crippen molar-refractivity contribution in [2.45, 2.75) is 78.7 Å². The maximum Gasteiger partial charge on any atom is 0.0944 e. The average Bonchev–Trinajstić information content (AvgIpc) is 2.84. The predicted molar refractivity (Wildman–Crippen MR) is 90.7 cm³/mol. The van der Waals surface area contributed by atoms with E-state index >= 15 is 0 Å². The second kappa shape index (κ2) is 8.14. The van der Waals surface area contributed by atoms with Gasteiger partial charge in [-0.1, -0.05) is 48.0 Å². The Balaban J connectivity index is 2.65. The fourth-order valence-corrected chi connectivity index (χ4v) is 3.30. The Morgan fingerprint density at radius 3 is 2.50 bits per heavy atom. The van der Waals surface area contributed by atoms with Crippen molar-refractivity contribution in [3.8, 4) is 0 Å². The smallest absolute Gasteiger partial charge is 0.0944 e. The Morgan fingerprint density at radius 2 is 2.00 bits per heavy atom. The monoisotopic (exact) mass is 296 g/mol. The summed E-state index contributed by atoms with van der Waals surface area (Å²) in [6, 6.07) is 0.573. The van der Waals surface area contributed by atoms with Crippen LogP contribution in [0, 0.1) is 5.92 Å². The molecule has 0 aliphatic heterocycles. The van der Waals surface area contributed by atoms with Crippen LogP contribution < -0.4 is 5.32 Å². The molecule has 0 aliphatic carbocycles. The van der Waals surface area contributed by atoms with Crippen LogP contribution in [0.3, 0.4) is 0 Å². The topological polar surface area (TPSA) is 24.9 Å². The van der Waals surface area contributed by atoms with Gasteiger partial charge < -0.3 is 5.32 Å². The standard InChI is InChI=1S/C17H32N2S/c1-7-9-18-14(10-13(3)8-2)11-16-19-15(12-20-16)17(4,5)6/h12-14,18H,7-11H2,1-6H3. The van der Waals surface area contributed by atoms with Crippen molar-refractivity contribution < 1.29 is 0 Å². The Morgan fingerprint density at radius 1 is 1.30 bits per heavy atom. The van der Waals surface area contributed by atoms with Crippen molar-refractivity contribution in [1.29, 1.82) is 0 Å². The molecule has 2 nitrogen and oxygen atoms in total. The second-order valence-electron chi connectivity index (χ2n) is 6.98. The molecule has 0 fully saturated rings. The molecular formula is C17H32N2S. The van der Waals surface area contributed by atoms with Gasteiger partial charge in [0.25, 0.3) is 0 Å².